The van der Waals surface area contributed by atoms with Crippen LogP contribution in [0.4, 0.5) is 0 Å². The van der Waals surface area contributed by atoms with E-state index in [9.17, 15) is 18.0 Å². The van der Waals surface area contributed by atoms with Gasteiger partial charge in [-0.1, -0.05) is 19.1 Å². The van der Waals surface area contributed by atoms with Crippen LogP contribution in [0.2, 0.25) is 0 Å². The van der Waals surface area contributed by atoms with E-state index in [1.807, 2.05) is 0 Å². The highest BCUT2D eigenvalue weighted by Gasteiger charge is 2.44. The predicted molar refractivity (Wildman–Crippen MR) is 116 cm³/mol. The van der Waals surface area contributed by atoms with E-state index < -0.39 is 28.4 Å². The maximum Gasteiger partial charge on any atom is 0.268 e. The van der Waals surface area contributed by atoms with Gasteiger partial charge in [-0.05, 0) is 53.9 Å². The number of amides is 2. The molecule has 1 aliphatic heterocycles. The van der Waals surface area contributed by atoms with Crippen molar-refractivity contribution in [3.05, 3.63) is 65.2 Å². The van der Waals surface area contributed by atoms with Crippen LogP contribution in [0.1, 0.15) is 24.5 Å². The zero-order chi connectivity index (χ0) is 22.6. The van der Waals surface area contributed by atoms with Crippen molar-refractivity contribution in [1.29, 1.82) is 0 Å². The number of hydrogen-bond acceptors (Lipinski definition) is 6. The summed E-state index contributed by atoms with van der Waals surface area (Å²) in [6, 6.07) is 13.5. The summed E-state index contributed by atoms with van der Waals surface area (Å²) >= 11 is 0. The van der Waals surface area contributed by atoms with Crippen LogP contribution in [0, 0.1) is 0 Å². The van der Waals surface area contributed by atoms with Gasteiger partial charge in [0.1, 0.15) is 22.9 Å². The summed E-state index contributed by atoms with van der Waals surface area (Å²) < 4.78 is 37.2. The van der Waals surface area contributed by atoms with E-state index in [-0.39, 0.29) is 23.4 Å². The Labute approximate surface area is 181 Å². The second-order valence-electron chi connectivity index (χ2n) is 6.83. The largest absolute Gasteiger partial charge is 0.497 e. The van der Waals surface area contributed by atoms with Crippen molar-refractivity contribution in [3.63, 3.8) is 0 Å². The minimum Gasteiger partial charge on any atom is -0.497 e. The molecule has 0 unspecified atom stereocenters. The summed E-state index contributed by atoms with van der Waals surface area (Å²) in [5.74, 6) is -0.0427. The van der Waals surface area contributed by atoms with Crippen molar-refractivity contribution < 1.29 is 27.5 Å². The van der Waals surface area contributed by atoms with Crippen molar-refractivity contribution in [3.8, 4) is 11.5 Å². The fourth-order valence-electron chi connectivity index (χ4n) is 3.33. The van der Waals surface area contributed by atoms with Crippen LogP contribution in [0.15, 0.2) is 54.1 Å². The number of nitrogens with one attached hydrogen (secondary N) is 1. The van der Waals surface area contributed by atoms with Crippen molar-refractivity contribution >= 4 is 26.7 Å². The third kappa shape index (κ3) is 4.56. The van der Waals surface area contributed by atoms with Gasteiger partial charge >= 0.3 is 0 Å². The third-order valence-electron chi connectivity index (χ3n) is 4.92. The molecule has 0 saturated carbocycles. The monoisotopic (exact) mass is 444 g/mol. The zero-order valence-electron chi connectivity index (χ0n) is 17.5. The molecule has 8 nitrogen and oxygen atoms in total. The fourth-order valence-corrected chi connectivity index (χ4v) is 5.14. The molecule has 0 saturated heterocycles. The number of nitrogens with zero attached hydrogens (tertiary/aromatic N) is 1. The van der Waals surface area contributed by atoms with Gasteiger partial charge in [0.25, 0.3) is 15.9 Å². The van der Waals surface area contributed by atoms with E-state index in [1.54, 1.807) is 62.6 Å². The van der Waals surface area contributed by atoms with Gasteiger partial charge in [0.15, 0.2) is 0 Å². The molecule has 1 heterocycles. The van der Waals surface area contributed by atoms with Gasteiger partial charge in [-0.3, -0.25) is 9.59 Å². The molecular formula is C22H24N2O6S. The van der Waals surface area contributed by atoms with Gasteiger partial charge in [0.2, 0.25) is 5.91 Å². The second kappa shape index (κ2) is 9.22. The van der Waals surface area contributed by atoms with E-state index in [4.69, 9.17) is 9.47 Å². The molecule has 31 heavy (non-hydrogen) atoms. The van der Waals surface area contributed by atoms with Crippen molar-refractivity contribution in [1.82, 2.24) is 9.62 Å². The lowest BCUT2D eigenvalue weighted by Gasteiger charge is -2.16. The molecule has 0 aromatic heterocycles. The lowest BCUT2D eigenvalue weighted by atomic mass is 10.1. The summed E-state index contributed by atoms with van der Waals surface area (Å²) in [5, 5.41) is 2.65. The Hall–Kier alpha value is -3.33. The lowest BCUT2D eigenvalue weighted by molar-refractivity contribution is -0.128. The third-order valence-corrected chi connectivity index (χ3v) is 6.80. The number of benzene rings is 2. The Morgan fingerprint density at radius 1 is 1.03 bits per heavy atom. The summed E-state index contributed by atoms with van der Waals surface area (Å²) in [6.45, 7) is 1.30. The number of carbonyl (C=O) groups excluding carboxylic acids is 2. The highest BCUT2D eigenvalue weighted by Crippen LogP contribution is 2.37. The first-order valence-electron chi connectivity index (χ1n) is 9.66. The first-order valence-corrected chi connectivity index (χ1v) is 11.1. The molecule has 9 heteroatoms. The smallest absolute Gasteiger partial charge is 0.268 e. The number of ether oxygens (including phenoxy) is 2. The molecule has 0 spiro atoms. The Morgan fingerprint density at radius 3 is 2.32 bits per heavy atom. The van der Waals surface area contributed by atoms with Crippen LogP contribution < -0.4 is 14.8 Å². The van der Waals surface area contributed by atoms with Crippen molar-refractivity contribution in [2.75, 3.05) is 20.8 Å². The highest BCUT2D eigenvalue weighted by molar-refractivity contribution is 7.99. The average molecular weight is 445 g/mol. The quantitative estimate of drug-likeness (QED) is 0.670. The standard InChI is InChI=1S/C22H24N2O6S/c1-4-19-21(16-8-10-17(29-2)11-9-16)31(27,28)24(22(19)26)14-20(25)23-13-15-6-5-7-18(12-15)30-3/h5-12H,4,13-14H2,1-3H3,(H,23,25). The van der Waals surface area contributed by atoms with Crippen LogP contribution in [-0.2, 0) is 26.2 Å². The SMILES string of the molecule is CCC1=C(c2ccc(OC)cc2)S(=O)(=O)N(CC(=O)NCc2cccc(OC)c2)C1=O. The van der Waals surface area contributed by atoms with Gasteiger partial charge in [0.05, 0.1) is 14.2 Å². The predicted octanol–water partition coefficient (Wildman–Crippen LogP) is 2.31. The Balaban J connectivity index is 1.77. The summed E-state index contributed by atoms with van der Waals surface area (Å²) in [7, 11) is -1.11. The van der Waals surface area contributed by atoms with Gasteiger partial charge in [-0.2, -0.15) is 0 Å². The number of rotatable bonds is 8. The highest BCUT2D eigenvalue weighted by atomic mass is 32.2. The number of methoxy groups -OCH3 is 2. The number of sulfonamides is 1. The van der Waals surface area contributed by atoms with Crippen LogP contribution in [0.5, 0.6) is 11.5 Å². The summed E-state index contributed by atoms with van der Waals surface area (Å²) in [5.41, 5.74) is 1.32. The number of carbonyl (C=O) groups is 2. The molecular weight excluding hydrogens is 420 g/mol. The Bertz CT molecular complexity index is 1120. The van der Waals surface area contributed by atoms with Gasteiger partial charge in [-0.25, -0.2) is 12.7 Å². The average Bonchev–Trinajstić information content (AvgIpc) is 2.97. The first-order chi connectivity index (χ1) is 14.8. The second-order valence-corrected chi connectivity index (χ2v) is 8.63. The summed E-state index contributed by atoms with van der Waals surface area (Å²) in [6.07, 6.45) is 0.224. The molecule has 0 radical (unpaired) electrons. The van der Waals surface area contributed by atoms with E-state index in [2.05, 4.69) is 5.32 Å². The van der Waals surface area contributed by atoms with Gasteiger partial charge < -0.3 is 14.8 Å². The minimum atomic E-state index is -4.16. The van der Waals surface area contributed by atoms with E-state index in [0.717, 1.165) is 5.56 Å². The number of hydrogen-bond donors (Lipinski definition) is 1. The maximum absolute atomic E-state index is 13.1. The Morgan fingerprint density at radius 2 is 1.71 bits per heavy atom. The van der Waals surface area contributed by atoms with E-state index in [1.165, 1.54) is 7.11 Å². The van der Waals surface area contributed by atoms with Crippen molar-refractivity contribution in [2.24, 2.45) is 0 Å². The molecule has 0 atom stereocenters. The molecule has 0 bridgehead atoms. The molecule has 0 fully saturated rings. The molecule has 0 aliphatic carbocycles. The molecule has 164 valence electrons. The van der Waals surface area contributed by atoms with Gasteiger partial charge in [-0.15, -0.1) is 0 Å². The fraction of sp³-hybridized carbons (Fsp3) is 0.273. The molecule has 2 aromatic rings. The lowest BCUT2D eigenvalue weighted by Crippen LogP contribution is -2.41. The molecule has 1 aliphatic rings. The van der Waals surface area contributed by atoms with Crippen LogP contribution in [0.25, 0.3) is 4.91 Å². The molecule has 2 amide bonds. The Kier molecular flexibility index (Phi) is 6.65. The maximum atomic E-state index is 13.1. The normalized spacial score (nSPS) is 15.2. The van der Waals surface area contributed by atoms with E-state index in [0.29, 0.717) is 21.4 Å². The molecule has 3 rings (SSSR count). The van der Waals surface area contributed by atoms with Crippen molar-refractivity contribution in [2.45, 2.75) is 19.9 Å². The first kappa shape index (κ1) is 22.4. The van der Waals surface area contributed by atoms with E-state index >= 15 is 0 Å². The van der Waals surface area contributed by atoms with Gasteiger partial charge in [0, 0.05) is 12.1 Å². The molecule has 2 aromatic carbocycles. The van der Waals surface area contributed by atoms with Crippen LogP contribution in [0.3, 0.4) is 0 Å². The molecule has 1 N–H and O–H groups in total. The summed E-state index contributed by atoms with van der Waals surface area (Å²) in [4.78, 5) is 25.2. The van der Waals surface area contributed by atoms with Crippen LogP contribution >= 0.6 is 0 Å². The minimum absolute atomic E-state index is 0.0664. The topological polar surface area (TPSA) is 102 Å². The van der Waals surface area contributed by atoms with Crippen LogP contribution in [-0.4, -0.2) is 45.3 Å². The zero-order valence-corrected chi connectivity index (χ0v) is 18.4.